The maximum atomic E-state index is 8.61. The third-order valence-electron chi connectivity index (χ3n) is 2.54. The highest BCUT2D eigenvalue weighted by Gasteiger charge is 2.12. The molecule has 0 aliphatic carbocycles. The Kier molecular flexibility index (Phi) is 4.81. The van der Waals surface area contributed by atoms with E-state index in [9.17, 15) is 0 Å². The molecule has 3 heteroatoms. The van der Waals surface area contributed by atoms with Crippen LogP contribution in [0.1, 0.15) is 31.9 Å². The summed E-state index contributed by atoms with van der Waals surface area (Å²) in [5, 5.41) is 12.0. The van der Waals surface area contributed by atoms with Crippen molar-refractivity contribution in [3.63, 3.8) is 0 Å². The van der Waals surface area contributed by atoms with Gasteiger partial charge in [-0.15, -0.1) is 0 Å². The quantitative estimate of drug-likeness (QED) is 0.826. The second kappa shape index (κ2) is 6.14. The maximum Gasteiger partial charge on any atom is 0.123 e. The molecule has 1 N–H and O–H groups in total. The van der Waals surface area contributed by atoms with Crippen LogP contribution in [0.4, 0.5) is 0 Å². The van der Waals surface area contributed by atoms with Crippen molar-refractivity contribution in [2.75, 3.05) is 7.11 Å². The van der Waals surface area contributed by atoms with Crippen LogP contribution in [0.25, 0.3) is 0 Å². The van der Waals surface area contributed by atoms with Crippen molar-refractivity contribution < 1.29 is 4.74 Å². The highest BCUT2D eigenvalue weighted by Crippen LogP contribution is 2.24. The van der Waals surface area contributed by atoms with E-state index in [-0.39, 0.29) is 12.1 Å². The molecule has 16 heavy (non-hydrogen) atoms. The molecule has 0 aliphatic heterocycles. The molecule has 3 nitrogen and oxygen atoms in total. The molecular weight excluding hydrogens is 200 g/mol. The average Bonchev–Trinajstić information content (AvgIpc) is 2.29. The van der Waals surface area contributed by atoms with E-state index in [2.05, 4.69) is 18.3 Å². The molecule has 1 rings (SSSR count). The number of hydrogen-bond donors (Lipinski definition) is 1. The summed E-state index contributed by atoms with van der Waals surface area (Å²) in [5.41, 5.74) is 1.12. The van der Waals surface area contributed by atoms with Gasteiger partial charge in [0.1, 0.15) is 5.75 Å². The molecule has 0 aromatic heterocycles. The summed E-state index contributed by atoms with van der Waals surface area (Å²) in [6.45, 7) is 4.08. The van der Waals surface area contributed by atoms with Gasteiger partial charge in [0.2, 0.25) is 0 Å². The Hall–Kier alpha value is -1.53. The zero-order valence-electron chi connectivity index (χ0n) is 10.0. The Morgan fingerprint density at radius 2 is 2.06 bits per heavy atom. The van der Waals surface area contributed by atoms with E-state index < -0.39 is 0 Å². The number of methoxy groups -OCH3 is 1. The van der Waals surface area contributed by atoms with Gasteiger partial charge in [-0.25, -0.2) is 0 Å². The highest BCUT2D eigenvalue weighted by molar-refractivity contribution is 5.35. The first-order valence-corrected chi connectivity index (χ1v) is 5.45. The normalized spacial score (nSPS) is 13.9. The number of nitriles is 1. The molecular formula is C13H18N2O. The van der Waals surface area contributed by atoms with Crippen molar-refractivity contribution in [1.82, 2.24) is 5.32 Å². The summed E-state index contributed by atoms with van der Waals surface area (Å²) in [4.78, 5) is 0. The molecule has 1 aromatic carbocycles. The first-order chi connectivity index (χ1) is 7.69. The van der Waals surface area contributed by atoms with E-state index >= 15 is 0 Å². The zero-order valence-corrected chi connectivity index (χ0v) is 10.0. The van der Waals surface area contributed by atoms with Gasteiger partial charge in [0.15, 0.2) is 0 Å². The summed E-state index contributed by atoms with van der Waals surface area (Å²) in [7, 11) is 1.67. The SMILES string of the molecule is COc1ccccc1[C@@H](C)NC(C)CC#N. The van der Waals surface area contributed by atoms with E-state index in [1.54, 1.807) is 7.11 Å². The van der Waals surface area contributed by atoms with E-state index in [1.807, 2.05) is 31.2 Å². The Bertz CT molecular complexity index is 370. The average molecular weight is 218 g/mol. The molecule has 0 radical (unpaired) electrons. The second-order valence-corrected chi connectivity index (χ2v) is 3.89. The van der Waals surface area contributed by atoms with E-state index in [1.165, 1.54) is 0 Å². The van der Waals surface area contributed by atoms with Crippen molar-refractivity contribution >= 4 is 0 Å². The first kappa shape index (κ1) is 12.5. The molecule has 0 saturated heterocycles. The van der Waals surface area contributed by atoms with Crippen LogP contribution in [-0.2, 0) is 0 Å². The van der Waals surface area contributed by atoms with Crippen LogP contribution in [0, 0.1) is 11.3 Å². The molecule has 0 bridgehead atoms. The van der Waals surface area contributed by atoms with Gasteiger partial charge in [-0.1, -0.05) is 18.2 Å². The van der Waals surface area contributed by atoms with Crippen LogP contribution in [0.3, 0.4) is 0 Å². The smallest absolute Gasteiger partial charge is 0.123 e. The highest BCUT2D eigenvalue weighted by atomic mass is 16.5. The van der Waals surface area contributed by atoms with Gasteiger partial charge < -0.3 is 10.1 Å². The van der Waals surface area contributed by atoms with Crippen molar-refractivity contribution in [2.24, 2.45) is 0 Å². The first-order valence-electron chi connectivity index (χ1n) is 5.45. The van der Waals surface area contributed by atoms with Crippen LogP contribution in [0.5, 0.6) is 5.75 Å². The van der Waals surface area contributed by atoms with Gasteiger partial charge in [0.05, 0.1) is 19.6 Å². The number of rotatable bonds is 5. The molecule has 0 heterocycles. The van der Waals surface area contributed by atoms with E-state index in [4.69, 9.17) is 10.00 Å². The molecule has 0 saturated carbocycles. The van der Waals surface area contributed by atoms with Gasteiger partial charge in [0.25, 0.3) is 0 Å². The van der Waals surface area contributed by atoms with E-state index in [0.29, 0.717) is 6.42 Å². The number of nitrogens with one attached hydrogen (secondary N) is 1. The Morgan fingerprint density at radius 3 is 2.69 bits per heavy atom. The Balaban J connectivity index is 2.72. The molecule has 2 atom stereocenters. The molecule has 0 spiro atoms. The second-order valence-electron chi connectivity index (χ2n) is 3.89. The predicted octanol–water partition coefficient (Wildman–Crippen LogP) is 2.65. The van der Waals surface area contributed by atoms with Gasteiger partial charge in [-0.3, -0.25) is 0 Å². The predicted molar refractivity (Wildman–Crippen MR) is 64.2 cm³/mol. The number of hydrogen-bond acceptors (Lipinski definition) is 3. The van der Waals surface area contributed by atoms with Gasteiger partial charge in [-0.05, 0) is 19.9 Å². The molecule has 0 fully saturated rings. The van der Waals surface area contributed by atoms with Crippen LogP contribution in [-0.4, -0.2) is 13.2 Å². The Morgan fingerprint density at radius 1 is 1.38 bits per heavy atom. The Labute approximate surface area is 97.0 Å². The number of benzene rings is 1. The summed E-state index contributed by atoms with van der Waals surface area (Å²) in [6, 6.07) is 10.5. The van der Waals surface area contributed by atoms with Gasteiger partial charge in [0, 0.05) is 17.6 Å². The topological polar surface area (TPSA) is 45.0 Å². The van der Waals surface area contributed by atoms with Crippen LogP contribution >= 0.6 is 0 Å². The molecule has 1 aromatic rings. The molecule has 0 aliphatic rings. The zero-order chi connectivity index (χ0) is 12.0. The summed E-state index contributed by atoms with van der Waals surface area (Å²) >= 11 is 0. The fourth-order valence-corrected chi connectivity index (χ4v) is 1.74. The monoisotopic (exact) mass is 218 g/mol. The third kappa shape index (κ3) is 3.25. The summed E-state index contributed by atoms with van der Waals surface area (Å²) < 4.78 is 5.30. The third-order valence-corrected chi connectivity index (χ3v) is 2.54. The maximum absolute atomic E-state index is 8.61. The number of ether oxygens (including phenoxy) is 1. The minimum absolute atomic E-state index is 0.180. The lowest BCUT2D eigenvalue weighted by atomic mass is 10.1. The minimum atomic E-state index is 0.180. The van der Waals surface area contributed by atoms with Gasteiger partial charge >= 0.3 is 0 Å². The standard InChI is InChI=1S/C13H18N2O/c1-10(8-9-14)15-11(2)12-6-4-5-7-13(12)16-3/h4-7,10-11,15H,8H2,1-3H3/t10?,11-/m1/s1. The molecule has 86 valence electrons. The van der Waals surface area contributed by atoms with Crippen molar-refractivity contribution in [2.45, 2.75) is 32.4 Å². The van der Waals surface area contributed by atoms with E-state index in [0.717, 1.165) is 11.3 Å². The fourth-order valence-electron chi connectivity index (χ4n) is 1.74. The van der Waals surface area contributed by atoms with Crippen LogP contribution in [0.2, 0.25) is 0 Å². The van der Waals surface area contributed by atoms with Crippen molar-refractivity contribution in [3.05, 3.63) is 29.8 Å². The summed E-state index contributed by atoms with van der Waals surface area (Å²) in [5.74, 6) is 0.881. The lowest BCUT2D eigenvalue weighted by Crippen LogP contribution is -2.28. The largest absolute Gasteiger partial charge is 0.496 e. The number of para-hydroxylation sites is 1. The van der Waals surface area contributed by atoms with Crippen molar-refractivity contribution in [1.29, 1.82) is 5.26 Å². The van der Waals surface area contributed by atoms with Crippen LogP contribution in [0.15, 0.2) is 24.3 Å². The molecule has 0 amide bonds. The summed E-state index contributed by atoms with van der Waals surface area (Å²) in [6.07, 6.45) is 0.513. The lowest BCUT2D eigenvalue weighted by Gasteiger charge is -2.20. The van der Waals surface area contributed by atoms with Gasteiger partial charge in [-0.2, -0.15) is 5.26 Å². The lowest BCUT2D eigenvalue weighted by molar-refractivity contribution is 0.396. The fraction of sp³-hybridized carbons (Fsp3) is 0.462. The minimum Gasteiger partial charge on any atom is -0.496 e. The van der Waals surface area contributed by atoms with Crippen LogP contribution < -0.4 is 10.1 Å². The number of nitrogens with zero attached hydrogens (tertiary/aromatic N) is 1. The molecule has 1 unspecified atom stereocenters. The van der Waals surface area contributed by atoms with Crippen molar-refractivity contribution in [3.8, 4) is 11.8 Å².